The van der Waals surface area contributed by atoms with Gasteiger partial charge in [-0.15, -0.1) is 22.7 Å². The second kappa shape index (κ2) is 7.51. The topological polar surface area (TPSA) is 64.1 Å². The van der Waals surface area contributed by atoms with Crippen LogP contribution in [0.4, 0.5) is 5.13 Å². The fourth-order valence-electron chi connectivity index (χ4n) is 1.75. The summed E-state index contributed by atoms with van der Waals surface area (Å²) >= 11 is 3.27. The maximum Gasteiger partial charge on any atom is 0.305 e. The molecule has 2 rings (SSSR count). The van der Waals surface area contributed by atoms with Gasteiger partial charge in [-0.25, -0.2) is 9.97 Å². The second-order valence-corrected chi connectivity index (χ2v) is 6.61. The molecule has 21 heavy (non-hydrogen) atoms. The lowest BCUT2D eigenvalue weighted by atomic mass is 10.2. The molecule has 7 heteroatoms. The number of carbonyl (C=O) groups is 1. The van der Waals surface area contributed by atoms with E-state index in [0.29, 0.717) is 12.8 Å². The predicted octanol–water partition coefficient (Wildman–Crippen LogP) is 3.44. The summed E-state index contributed by atoms with van der Waals surface area (Å²) in [4.78, 5) is 21.3. The fourth-order valence-corrected chi connectivity index (χ4v) is 3.45. The van der Waals surface area contributed by atoms with Crippen molar-refractivity contribution in [1.82, 2.24) is 9.97 Å². The van der Waals surface area contributed by atoms with Gasteiger partial charge in [-0.1, -0.05) is 6.92 Å². The first-order valence-electron chi connectivity index (χ1n) is 6.84. The van der Waals surface area contributed by atoms with Gasteiger partial charge in [0.15, 0.2) is 5.13 Å². The molecule has 1 atom stereocenters. The molecule has 0 aliphatic carbocycles. The molecule has 0 bridgehead atoms. The number of rotatable bonds is 7. The van der Waals surface area contributed by atoms with Gasteiger partial charge in [0.1, 0.15) is 5.01 Å². The number of aryl methyl sites for hydroxylation is 2. The number of methoxy groups -OCH3 is 1. The van der Waals surface area contributed by atoms with Crippen molar-refractivity contribution in [1.29, 1.82) is 0 Å². The van der Waals surface area contributed by atoms with E-state index in [2.05, 4.69) is 33.9 Å². The van der Waals surface area contributed by atoms with Crippen LogP contribution in [0.3, 0.4) is 0 Å². The van der Waals surface area contributed by atoms with Crippen molar-refractivity contribution < 1.29 is 9.53 Å². The summed E-state index contributed by atoms with van der Waals surface area (Å²) in [5.74, 6) is -0.208. The molecule has 0 aromatic carbocycles. The van der Waals surface area contributed by atoms with Gasteiger partial charge in [0, 0.05) is 22.9 Å². The van der Waals surface area contributed by atoms with Crippen LogP contribution in [0.15, 0.2) is 11.6 Å². The van der Waals surface area contributed by atoms with Crippen molar-refractivity contribution in [3.8, 4) is 0 Å². The van der Waals surface area contributed by atoms with Crippen LogP contribution in [0.2, 0.25) is 0 Å². The summed E-state index contributed by atoms with van der Waals surface area (Å²) in [6.07, 6.45) is 3.92. The third-order valence-corrected chi connectivity index (χ3v) is 5.14. The SMILES string of the molecule is CCc1cnc(C(C)Nc2nc(CCC(=O)OC)cs2)s1. The lowest BCUT2D eigenvalue weighted by Gasteiger charge is -2.09. The Morgan fingerprint density at radius 1 is 1.52 bits per heavy atom. The molecule has 5 nitrogen and oxygen atoms in total. The zero-order valence-corrected chi connectivity index (χ0v) is 14.0. The Bertz CT molecular complexity index is 595. The van der Waals surface area contributed by atoms with Gasteiger partial charge >= 0.3 is 5.97 Å². The highest BCUT2D eigenvalue weighted by Crippen LogP contribution is 2.26. The van der Waals surface area contributed by atoms with Crippen molar-refractivity contribution in [3.63, 3.8) is 0 Å². The van der Waals surface area contributed by atoms with Crippen molar-refractivity contribution in [2.75, 3.05) is 12.4 Å². The summed E-state index contributed by atoms with van der Waals surface area (Å²) in [6, 6.07) is 0.134. The zero-order valence-electron chi connectivity index (χ0n) is 12.4. The molecular weight excluding hydrogens is 306 g/mol. The van der Waals surface area contributed by atoms with E-state index in [1.807, 2.05) is 11.6 Å². The van der Waals surface area contributed by atoms with Crippen LogP contribution in [0.25, 0.3) is 0 Å². The zero-order chi connectivity index (χ0) is 15.2. The molecule has 2 aromatic rings. The molecule has 0 saturated carbocycles. The molecule has 1 unspecified atom stereocenters. The first-order chi connectivity index (χ1) is 10.1. The molecule has 0 saturated heterocycles. The summed E-state index contributed by atoms with van der Waals surface area (Å²) < 4.78 is 4.63. The van der Waals surface area contributed by atoms with E-state index in [1.54, 1.807) is 22.7 Å². The van der Waals surface area contributed by atoms with Crippen LogP contribution >= 0.6 is 22.7 Å². The number of anilines is 1. The van der Waals surface area contributed by atoms with Crippen molar-refractivity contribution in [2.24, 2.45) is 0 Å². The molecule has 0 spiro atoms. The van der Waals surface area contributed by atoms with E-state index >= 15 is 0 Å². The molecule has 1 N–H and O–H groups in total. The fraction of sp³-hybridized carbons (Fsp3) is 0.500. The third-order valence-electron chi connectivity index (χ3n) is 2.99. The number of hydrogen-bond acceptors (Lipinski definition) is 7. The summed E-state index contributed by atoms with van der Waals surface area (Å²) in [6.45, 7) is 4.21. The average molecular weight is 325 g/mol. The van der Waals surface area contributed by atoms with E-state index in [4.69, 9.17) is 0 Å². The van der Waals surface area contributed by atoms with Gasteiger partial charge in [0.25, 0.3) is 0 Å². The van der Waals surface area contributed by atoms with Crippen LogP contribution in [-0.4, -0.2) is 23.0 Å². The van der Waals surface area contributed by atoms with Crippen LogP contribution in [-0.2, 0) is 22.4 Å². The Labute approximate surface area is 132 Å². The maximum atomic E-state index is 11.1. The normalized spacial score (nSPS) is 12.1. The summed E-state index contributed by atoms with van der Waals surface area (Å²) in [5.41, 5.74) is 0.911. The van der Waals surface area contributed by atoms with Crippen molar-refractivity contribution >= 4 is 33.8 Å². The number of nitrogens with one attached hydrogen (secondary N) is 1. The second-order valence-electron chi connectivity index (χ2n) is 4.60. The highest BCUT2D eigenvalue weighted by molar-refractivity contribution is 7.13. The molecule has 0 amide bonds. The molecule has 2 heterocycles. The quantitative estimate of drug-likeness (QED) is 0.790. The number of nitrogens with zero attached hydrogens (tertiary/aromatic N) is 2. The Morgan fingerprint density at radius 2 is 2.33 bits per heavy atom. The number of aromatic nitrogens is 2. The first-order valence-corrected chi connectivity index (χ1v) is 8.54. The van der Waals surface area contributed by atoms with Gasteiger partial charge in [-0.3, -0.25) is 4.79 Å². The highest BCUT2D eigenvalue weighted by atomic mass is 32.1. The van der Waals surface area contributed by atoms with Crippen molar-refractivity contribution in [3.05, 3.63) is 27.2 Å². The summed E-state index contributed by atoms with van der Waals surface area (Å²) in [7, 11) is 1.40. The maximum absolute atomic E-state index is 11.1. The third kappa shape index (κ3) is 4.50. The average Bonchev–Trinajstić information content (AvgIpc) is 3.13. The van der Waals surface area contributed by atoms with Gasteiger partial charge in [-0.2, -0.15) is 0 Å². The number of ether oxygens (including phenoxy) is 1. The van der Waals surface area contributed by atoms with Crippen LogP contribution < -0.4 is 5.32 Å². The van der Waals surface area contributed by atoms with E-state index < -0.39 is 0 Å². The standard InChI is InChI=1S/C14H19N3O2S2/c1-4-11-7-15-13(21-11)9(2)16-14-17-10(8-20-14)5-6-12(18)19-3/h7-9H,4-6H2,1-3H3,(H,16,17). The Hall–Kier alpha value is -1.47. The largest absolute Gasteiger partial charge is 0.469 e. The molecule has 0 fully saturated rings. The summed E-state index contributed by atoms with van der Waals surface area (Å²) in [5, 5.41) is 7.25. The van der Waals surface area contributed by atoms with E-state index in [1.165, 1.54) is 12.0 Å². The van der Waals surface area contributed by atoms with Crippen molar-refractivity contribution in [2.45, 2.75) is 39.2 Å². The molecular formula is C14H19N3O2S2. The Morgan fingerprint density at radius 3 is 3.00 bits per heavy atom. The van der Waals surface area contributed by atoms with Gasteiger partial charge in [0.2, 0.25) is 0 Å². The van der Waals surface area contributed by atoms with Crippen LogP contribution in [0, 0.1) is 0 Å². The molecule has 2 aromatic heterocycles. The van der Waals surface area contributed by atoms with E-state index in [-0.39, 0.29) is 12.0 Å². The van der Waals surface area contributed by atoms with Gasteiger partial charge in [-0.05, 0) is 13.3 Å². The van der Waals surface area contributed by atoms with Crippen LogP contribution in [0.5, 0.6) is 0 Å². The monoisotopic (exact) mass is 325 g/mol. The minimum atomic E-state index is -0.208. The van der Waals surface area contributed by atoms with Crippen LogP contribution in [0.1, 0.15) is 41.9 Å². The van der Waals surface area contributed by atoms with Gasteiger partial charge in [0.05, 0.1) is 25.3 Å². The Balaban J connectivity index is 1.90. The number of carbonyl (C=O) groups excluding carboxylic acids is 1. The first kappa shape index (κ1) is 15.9. The lowest BCUT2D eigenvalue weighted by molar-refractivity contribution is -0.140. The number of thiazole rings is 2. The lowest BCUT2D eigenvalue weighted by Crippen LogP contribution is -2.06. The minimum absolute atomic E-state index is 0.134. The number of hydrogen-bond donors (Lipinski definition) is 1. The predicted molar refractivity (Wildman–Crippen MR) is 86.0 cm³/mol. The Kier molecular flexibility index (Phi) is 5.69. The molecule has 0 aliphatic heterocycles. The van der Waals surface area contributed by atoms with E-state index in [9.17, 15) is 4.79 Å². The van der Waals surface area contributed by atoms with Gasteiger partial charge < -0.3 is 10.1 Å². The smallest absolute Gasteiger partial charge is 0.305 e. The number of esters is 1. The molecule has 114 valence electrons. The molecule has 0 radical (unpaired) electrons. The van der Waals surface area contributed by atoms with E-state index in [0.717, 1.165) is 22.3 Å². The minimum Gasteiger partial charge on any atom is -0.469 e. The molecule has 0 aliphatic rings. The highest BCUT2D eigenvalue weighted by Gasteiger charge is 2.12.